The first-order valence-corrected chi connectivity index (χ1v) is 9.55. The van der Waals surface area contributed by atoms with E-state index in [0.717, 1.165) is 36.3 Å². The van der Waals surface area contributed by atoms with Gasteiger partial charge in [0.05, 0.1) is 5.69 Å². The van der Waals surface area contributed by atoms with Crippen molar-refractivity contribution >= 4 is 33.0 Å². The molecule has 2 heterocycles. The number of benzene rings is 1. The standard InChI is InChI=1S/C15H14F2N2O3S2/c16-10-3-4-12(11(17)9-10)18-15(20)14-13(5-8-23-14)24(21,22)19-6-1-2-7-19/h3-5,8-9H,1-2,6-7H2,(H,18,20). The van der Waals surface area contributed by atoms with Crippen molar-refractivity contribution in [2.75, 3.05) is 18.4 Å². The van der Waals surface area contributed by atoms with E-state index in [0.29, 0.717) is 19.2 Å². The lowest BCUT2D eigenvalue weighted by molar-refractivity contribution is 0.102. The van der Waals surface area contributed by atoms with Gasteiger partial charge in [0.15, 0.2) is 0 Å². The molecule has 1 amide bonds. The van der Waals surface area contributed by atoms with E-state index >= 15 is 0 Å². The number of anilines is 1. The van der Waals surface area contributed by atoms with E-state index in [-0.39, 0.29) is 15.5 Å². The molecule has 0 spiro atoms. The lowest BCUT2D eigenvalue weighted by Crippen LogP contribution is -2.29. The number of carbonyl (C=O) groups excluding carboxylic acids is 1. The largest absolute Gasteiger partial charge is 0.319 e. The Morgan fingerprint density at radius 3 is 2.54 bits per heavy atom. The van der Waals surface area contributed by atoms with Gasteiger partial charge in [-0.2, -0.15) is 4.31 Å². The van der Waals surface area contributed by atoms with Crippen LogP contribution >= 0.6 is 11.3 Å². The number of carbonyl (C=O) groups is 1. The molecule has 1 aromatic carbocycles. The maximum absolute atomic E-state index is 13.7. The second-order valence-corrected chi connectivity index (χ2v) is 8.13. The summed E-state index contributed by atoms with van der Waals surface area (Å²) in [7, 11) is -3.75. The molecule has 2 aromatic rings. The summed E-state index contributed by atoms with van der Waals surface area (Å²) in [4.78, 5) is 12.2. The quantitative estimate of drug-likeness (QED) is 0.897. The van der Waals surface area contributed by atoms with Crippen LogP contribution in [0.25, 0.3) is 0 Å². The number of sulfonamides is 1. The summed E-state index contributed by atoms with van der Waals surface area (Å²) in [5.74, 6) is -2.43. The van der Waals surface area contributed by atoms with E-state index in [2.05, 4.69) is 5.32 Å². The molecule has 3 rings (SSSR count). The Balaban J connectivity index is 1.88. The number of nitrogens with zero attached hydrogens (tertiary/aromatic N) is 1. The summed E-state index contributed by atoms with van der Waals surface area (Å²) in [5, 5.41) is 3.79. The molecule has 5 nitrogen and oxygen atoms in total. The monoisotopic (exact) mass is 372 g/mol. The molecule has 0 atom stereocenters. The molecule has 24 heavy (non-hydrogen) atoms. The van der Waals surface area contributed by atoms with Gasteiger partial charge < -0.3 is 5.32 Å². The van der Waals surface area contributed by atoms with E-state index in [1.165, 1.54) is 15.8 Å². The molecule has 1 aromatic heterocycles. The zero-order valence-electron chi connectivity index (χ0n) is 12.5. The van der Waals surface area contributed by atoms with E-state index < -0.39 is 27.6 Å². The van der Waals surface area contributed by atoms with Crippen LogP contribution in [-0.4, -0.2) is 31.7 Å². The van der Waals surface area contributed by atoms with Crippen LogP contribution in [0.15, 0.2) is 34.5 Å². The number of thiophene rings is 1. The fraction of sp³-hybridized carbons (Fsp3) is 0.267. The number of halogens is 2. The van der Waals surface area contributed by atoms with Crippen molar-refractivity contribution < 1.29 is 22.0 Å². The molecule has 128 valence electrons. The lowest BCUT2D eigenvalue weighted by Gasteiger charge is -2.15. The molecule has 0 aliphatic carbocycles. The van der Waals surface area contributed by atoms with Crippen molar-refractivity contribution in [2.24, 2.45) is 0 Å². The highest BCUT2D eigenvalue weighted by molar-refractivity contribution is 7.89. The minimum atomic E-state index is -3.75. The molecule has 1 N–H and O–H groups in total. The van der Waals surface area contributed by atoms with Gasteiger partial charge in [0.2, 0.25) is 10.0 Å². The van der Waals surface area contributed by atoms with Crippen molar-refractivity contribution in [2.45, 2.75) is 17.7 Å². The fourth-order valence-electron chi connectivity index (χ4n) is 2.50. The molecule has 0 bridgehead atoms. The number of hydrogen-bond donors (Lipinski definition) is 1. The zero-order chi connectivity index (χ0) is 17.3. The SMILES string of the molecule is O=C(Nc1ccc(F)cc1F)c1sccc1S(=O)(=O)N1CCCC1. The zero-order valence-corrected chi connectivity index (χ0v) is 14.1. The third kappa shape index (κ3) is 3.19. The van der Waals surface area contributed by atoms with Crippen LogP contribution in [0.2, 0.25) is 0 Å². The first kappa shape index (κ1) is 17.0. The van der Waals surface area contributed by atoms with Crippen LogP contribution in [0.5, 0.6) is 0 Å². The normalized spacial score (nSPS) is 15.6. The Hall–Kier alpha value is -1.84. The second kappa shape index (κ2) is 6.58. The minimum absolute atomic E-state index is 0.0226. The predicted octanol–water partition coefficient (Wildman–Crippen LogP) is 3.06. The Morgan fingerprint density at radius 2 is 1.88 bits per heavy atom. The third-order valence-corrected chi connectivity index (χ3v) is 6.68. The lowest BCUT2D eigenvalue weighted by atomic mass is 10.3. The fourth-order valence-corrected chi connectivity index (χ4v) is 5.32. The van der Waals surface area contributed by atoms with E-state index in [4.69, 9.17) is 0 Å². The summed E-state index contributed by atoms with van der Waals surface area (Å²) < 4.78 is 53.1. The highest BCUT2D eigenvalue weighted by Crippen LogP contribution is 2.28. The average molecular weight is 372 g/mol. The van der Waals surface area contributed by atoms with Crippen LogP contribution in [0.1, 0.15) is 22.5 Å². The molecule has 1 fully saturated rings. The smallest absolute Gasteiger partial charge is 0.267 e. The average Bonchev–Trinajstić information content (AvgIpc) is 3.21. The van der Waals surface area contributed by atoms with E-state index in [9.17, 15) is 22.0 Å². The van der Waals surface area contributed by atoms with Crippen molar-refractivity contribution in [3.8, 4) is 0 Å². The molecule has 1 aliphatic rings. The topological polar surface area (TPSA) is 66.5 Å². The van der Waals surface area contributed by atoms with Gasteiger partial charge in [-0.05, 0) is 36.4 Å². The molecule has 0 radical (unpaired) electrons. The summed E-state index contributed by atoms with van der Waals surface area (Å²) in [6, 6.07) is 4.11. The van der Waals surface area contributed by atoms with Gasteiger partial charge in [-0.15, -0.1) is 11.3 Å². The second-order valence-electron chi connectivity index (χ2n) is 5.30. The third-order valence-electron chi connectivity index (χ3n) is 3.70. The van der Waals surface area contributed by atoms with Crippen molar-refractivity contribution in [3.05, 3.63) is 46.2 Å². The Labute approximate surface area is 142 Å². The first-order valence-electron chi connectivity index (χ1n) is 7.23. The molecular weight excluding hydrogens is 358 g/mol. The molecule has 0 unspecified atom stereocenters. The van der Waals surface area contributed by atoms with Gasteiger partial charge in [0.1, 0.15) is 21.4 Å². The summed E-state index contributed by atoms with van der Waals surface area (Å²) in [6.07, 6.45) is 1.57. The molecular formula is C15H14F2N2O3S2. The van der Waals surface area contributed by atoms with Gasteiger partial charge in [0, 0.05) is 19.2 Å². The van der Waals surface area contributed by atoms with Crippen LogP contribution in [-0.2, 0) is 10.0 Å². The molecule has 9 heteroatoms. The van der Waals surface area contributed by atoms with Crippen LogP contribution < -0.4 is 5.32 Å². The van der Waals surface area contributed by atoms with Gasteiger partial charge in [-0.3, -0.25) is 4.79 Å². The first-order chi connectivity index (χ1) is 11.4. The Kier molecular flexibility index (Phi) is 4.66. The molecule has 0 saturated carbocycles. The van der Waals surface area contributed by atoms with E-state index in [1.807, 2.05) is 0 Å². The number of rotatable bonds is 4. The minimum Gasteiger partial charge on any atom is -0.319 e. The van der Waals surface area contributed by atoms with Crippen LogP contribution in [0, 0.1) is 11.6 Å². The maximum Gasteiger partial charge on any atom is 0.267 e. The summed E-state index contributed by atoms with van der Waals surface area (Å²) in [5.41, 5.74) is -0.209. The summed E-state index contributed by atoms with van der Waals surface area (Å²) in [6.45, 7) is 0.845. The van der Waals surface area contributed by atoms with Crippen molar-refractivity contribution in [1.82, 2.24) is 4.31 Å². The van der Waals surface area contributed by atoms with Crippen LogP contribution in [0.4, 0.5) is 14.5 Å². The van der Waals surface area contributed by atoms with Gasteiger partial charge in [-0.1, -0.05) is 0 Å². The van der Waals surface area contributed by atoms with E-state index in [1.54, 1.807) is 0 Å². The predicted molar refractivity (Wildman–Crippen MR) is 86.6 cm³/mol. The summed E-state index contributed by atoms with van der Waals surface area (Å²) >= 11 is 0.957. The number of nitrogens with one attached hydrogen (secondary N) is 1. The Bertz CT molecular complexity index is 875. The van der Waals surface area contributed by atoms with Crippen molar-refractivity contribution in [1.29, 1.82) is 0 Å². The molecule has 1 saturated heterocycles. The van der Waals surface area contributed by atoms with Gasteiger partial charge >= 0.3 is 0 Å². The highest BCUT2D eigenvalue weighted by Gasteiger charge is 2.32. The van der Waals surface area contributed by atoms with Crippen LogP contribution in [0.3, 0.4) is 0 Å². The van der Waals surface area contributed by atoms with Gasteiger partial charge in [-0.25, -0.2) is 17.2 Å². The van der Waals surface area contributed by atoms with Crippen molar-refractivity contribution in [3.63, 3.8) is 0 Å². The highest BCUT2D eigenvalue weighted by atomic mass is 32.2. The number of amides is 1. The Morgan fingerprint density at radius 1 is 1.17 bits per heavy atom. The molecule has 1 aliphatic heterocycles. The number of hydrogen-bond acceptors (Lipinski definition) is 4. The van der Waals surface area contributed by atoms with Gasteiger partial charge in [0.25, 0.3) is 5.91 Å². The maximum atomic E-state index is 13.7.